The van der Waals surface area contributed by atoms with Crippen molar-refractivity contribution >= 4 is 11.6 Å². The third-order valence-corrected chi connectivity index (χ3v) is 3.22. The van der Waals surface area contributed by atoms with Crippen LogP contribution in [0.3, 0.4) is 0 Å². The van der Waals surface area contributed by atoms with Crippen molar-refractivity contribution in [1.29, 1.82) is 0 Å². The summed E-state index contributed by atoms with van der Waals surface area (Å²) in [5, 5.41) is 7.01. The first kappa shape index (κ1) is 16.0. The predicted octanol–water partition coefficient (Wildman–Crippen LogP) is 2.72. The number of aliphatic imine (C=N–C) groups is 1. The molecule has 6 nitrogen and oxygen atoms in total. The van der Waals surface area contributed by atoms with Gasteiger partial charge in [0.1, 0.15) is 0 Å². The SMILES string of the molecule is CCc1cccc(NC(N)=NCCc2nc(C(C)C)no2)c1. The summed E-state index contributed by atoms with van der Waals surface area (Å²) in [5.74, 6) is 1.96. The number of guanidine groups is 1. The lowest BCUT2D eigenvalue weighted by atomic mass is 10.1. The molecule has 1 aromatic heterocycles. The van der Waals surface area contributed by atoms with Gasteiger partial charge in [0.15, 0.2) is 11.8 Å². The lowest BCUT2D eigenvalue weighted by Crippen LogP contribution is -2.23. The van der Waals surface area contributed by atoms with Gasteiger partial charge < -0.3 is 15.6 Å². The van der Waals surface area contributed by atoms with Gasteiger partial charge in [-0.05, 0) is 24.1 Å². The van der Waals surface area contributed by atoms with Crippen LogP contribution in [-0.4, -0.2) is 22.6 Å². The molecule has 1 aromatic carbocycles. The second kappa shape index (κ2) is 7.59. The Morgan fingerprint density at radius 3 is 2.91 bits per heavy atom. The Balaban J connectivity index is 1.86. The molecule has 0 spiro atoms. The van der Waals surface area contributed by atoms with E-state index >= 15 is 0 Å². The molecule has 0 aliphatic rings. The highest BCUT2D eigenvalue weighted by atomic mass is 16.5. The largest absolute Gasteiger partial charge is 0.370 e. The molecule has 0 aliphatic carbocycles. The highest BCUT2D eigenvalue weighted by Crippen LogP contribution is 2.11. The summed E-state index contributed by atoms with van der Waals surface area (Å²) in [6, 6.07) is 8.12. The Kier molecular flexibility index (Phi) is 5.52. The van der Waals surface area contributed by atoms with Crippen LogP contribution in [0.5, 0.6) is 0 Å². The number of hydrogen-bond acceptors (Lipinski definition) is 4. The van der Waals surface area contributed by atoms with Crippen LogP contribution < -0.4 is 11.1 Å². The Bertz CT molecular complexity index is 633. The molecule has 0 saturated heterocycles. The van der Waals surface area contributed by atoms with Crippen LogP contribution in [-0.2, 0) is 12.8 Å². The lowest BCUT2D eigenvalue weighted by molar-refractivity contribution is 0.372. The second-order valence-electron chi connectivity index (χ2n) is 5.40. The molecule has 0 aliphatic heterocycles. The van der Waals surface area contributed by atoms with Crippen LogP contribution in [0.4, 0.5) is 5.69 Å². The first-order valence-electron chi connectivity index (χ1n) is 7.56. The molecule has 0 fully saturated rings. The minimum atomic E-state index is 0.263. The highest BCUT2D eigenvalue weighted by molar-refractivity contribution is 5.92. The van der Waals surface area contributed by atoms with Crippen LogP contribution in [0.25, 0.3) is 0 Å². The van der Waals surface area contributed by atoms with Gasteiger partial charge >= 0.3 is 0 Å². The molecule has 0 unspecified atom stereocenters. The molecular formula is C16H23N5O. The summed E-state index contributed by atoms with van der Waals surface area (Å²) in [6.45, 7) is 6.68. The van der Waals surface area contributed by atoms with Gasteiger partial charge in [-0.25, -0.2) is 0 Å². The van der Waals surface area contributed by atoms with E-state index in [2.05, 4.69) is 39.5 Å². The van der Waals surface area contributed by atoms with E-state index in [9.17, 15) is 0 Å². The van der Waals surface area contributed by atoms with Crippen LogP contribution in [0.15, 0.2) is 33.8 Å². The Morgan fingerprint density at radius 2 is 2.23 bits per heavy atom. The monoisotopic (exact) mass is 301 g/mol. The summed E-state index contributed by atoms with van der Waals surface area (Å²) >= 11 is 0. The topological polar surface area (TPSA) is 89.3 Å². The first-order chi connectivity index (χ1) is 10.6. The summed E-state index contributed by atoms with van der Waals surface area (Å²) in [6.07, 6.45) is 1.57. The molecule has 0 atom stereocenters. The number of nitrogens with two attached hydrogens (primary N) is 1. The van der Waals surface area contributed by atoms with Gasteiger partial charge in [-0.2, -0.15) is 4.98 Å². The van der Waals surface area contributed by atoms with Crippen molar-refractivity contribution in [3.63, 3.8) is 0 Å². The standard InChI is InChI=1S/C16H23N5O/c1-4-12-6-5-7-13(10-12)19-16(17)18-9-8-14-20-15(11(2)3)21-22-14/h5-7,10-11H,4,8-9H2,1-3H3,(H3,17,18,19). The van der Waals surface area contributed by atoms with E-state index in [1.165, 1.54) is 5.56 Å². The molecule has 0 amide bonds. The van der Waals surface area contributed by atoms with E-state index in [1.807, 2.05) is 26.0 Å². The van der Waals surface area contributed by atoms with Crippen molar-refractivity contribution in [2.24, 2.45) is 10.7 Å². The number of rotatable bonds is 6. The van der Waals surface area contributed by atoms with Gasteiger partial charge in [0.25, 0.3) is 0 Å². The maximum absolute atomic E-state index is 5.89. The van der Waals surface area contributed by atoms with E-state index in [0.717, 1.165) is 17.9 Å². The number of aromatic nitrogens is 2. The van der Waals surface area contributed by atoms with Gasteiger partial charge in [0.2, 0.25) is 5.89 Å². The van der Waals surface area contributed by atoms with E-state index in [4.69, 9.17) is 10.3 Å². The van der Waals surface area contributed by atoms with E-state index in [0.29, 0.717) is 24.8 Å². The molecule has 22 heavy (non-hydrogen) atoms. The van der Waals surface area contributed by atoms with Gasteiger partial charge in [-0.3, -0.25) is 4.99 Å². The maximum Gasteiger partial charge on any atom is 0.228 e. The van der Waals surface area contributed by atoms with Crippen LogP contribution in [0.1, 0.15) is 44.0 Å². The molecule has 3 N–H and O–H groups in total. The maximum atomic E-state index is 5.89. The van der Waals surface area contributed by atoms with Crippen LogP contribution >= 0.6 is 0 Å². The van der Waals surface area contributed by atoms with E-state index < -0.39 is 0 Å². The number of nitrogens with zero attached hydrogens (tertiary/aromatic N) is 3. The predicted molar refractivity (Wildman–Crippen MR) is 88.0 cm³/mol. The summed E-state index contributed by atoms with van der Waals surface area (Å²) in [5.41, 5.74) is 8.09. The first-order valence-corrected chi connectivity index (χ1v) is 7.56. The van der Waals surface area contributed by atoms with Gasteiger partial charge in [-0.15, -0.1) is 0 Å². The zero-order valence-electron chi connectivity index (χ0n) is 13.3. The van der Waals surface area contributed by atoms with Gasteiger partial charge in [-0.1, -0.05) is 38.1 Å². The molecule has 0 radical (unpaired) electrons. The van der Waals surface area contributed by atoms with E-state index in [-0.39, 0.29) is 5.92 Å². The van der Waals surface area contributed by atoms with Crippen molar-refractivity contribution in [3.05, 3.63) is 41.5 Å². The normalized spacial score (nSPS) is 11.9. The fourth-order valence-corrected chi connectivity index (χ4v) is 1.93. The minimum Gasteiger partial charge on any atom is -0.370 e. The lowest BCUT2D eigenvalue weighted by Gasteiger charge is -2.06. The Labute approximate surface area is 130 Å². The molecular weight excluding hydrogens is 278 g/mol. The average Bonchev–Trinajstić information content (AvgIpc) is 2.96. The van der Waals surface area contributed by atoms with Gasteiger partial charge in [0.05, 0.1) is 6.54 Å². The second-order valence-corrected chi connectivity index (χ2v) is 5.40. The van der Waals surface area contributed by atoms with Crippen molar-refractivity contribution in [2.75, 3.05) is 11.9 Å². The smallest absolute Gasteiger partial charge is 0.228 e. The van der Waals surface area contributed by atoms with Crippen molar-refractivity contribution < 1.29 is 4.52 Å². The third-order valence-electron chi connectivity index (χ3n) is 3.22. The van der Waals surface area contributed by atoms with Crippen molar-refractivity contribution in [3.8, 4) is 0 Å². The third kappa shape index (κ3) is 4.58. The summed E-state index contributed by atoms with van der Waals surface area (Å²) in [7, 11) is 0. The van der Waals surface area contributed by atoms with Crippen LogP contribution in [0.2, 0.25) is 0 Å². The quantitative estimate of drug-likeness (QED) is 0.632. The number of nitrogens with one attached hydrogen (secondary N) is 1. The fraction of sp³-hybridized carbons (Fsp3) is 0.438. The van der Waals surface area contributed by atoms with Crippen molar-refractivity contribution in [1.82, 2.24) is 10.1 Å². The minimum absolute atomic E-state index is 0.263. The molecule has 118 valence electrons. The molecule has 2 aromatic rings. The summed E-state index contributed by atoms with van der Waals surface area (Å²) < 4.78 is 5.16. The number of hydrogen-bond donors (Lipinski definition) is 2. The van der Waals surface area contributed by atoms with Crippen molar-refractivity contribution in [2.45, 2.75) is 39.5 Å². The highest BCUT2D eigenvalue weighted by Gasteiger charge is 2.08. The average molecular weight is 301 g/mol. The Morgan fingerprint density at radius 1 is 1.41 bits per heavy atom. The fourth-order valence-electron chi connectivity index (χ4n) is 1.93. The molecule has 6 heteroatoms. The number of anilines is 1. The number of benzene rings is 1. The van der Waals surface area contributed by atoms with Gasteiger partial charge in [0, 0.05) is 18.0 Å². The van der Waals surface area contributed by atoms with Crippen LogP contribution in [0, 0.1) is 0 Å². The Hall–Kier alpha value is -2.37. The number of aryl methyl sites for hydroxylation is 1. The molecule has 0 saturated carbocycles. The zero-order valence-corrected chi connectivity index (χ0v) is 13.3. The van der Waals surface area contributed by atoms with E-state index in [1.54, 1.807) is 0 Å². The molecule has 2 rings (SSSR count). The molecule has 0 bridgehead atoms. The molecule has 1 heterocycles. The zero-order chi connectivity index (χ0) is 15.9. The summed E-state index contributed by atoms with van der Waals surface area (Å²) in [4.78, 5) is 8.58.